The van der Waals surface area contributed by atoms with Gasteiger partial charge in [-0.2, -0.15) is 5.10 Å². The normalized spacial score (nSPS) is 10.3. The number of carbonyl (C=O) groups is 1. The van der Waals surface area contributed by atoms with Gasteiger partial charge in [0.25, 0.3) is 11.6 Å². The molecule has 2 aromatic rings. The highest BCUT2D eigenvalue weighted by molar-refractivity contribution is 6.08. The number of aromatic nitrogens is 2. The second kappa shape index (κ2) is 5.00. The van der Waals surface area contributed by atoms with E-state index in [9.17, 15) is 14.9 Å². The van der Waals surface area contributed by atoms with E-state index in [4.69, 9.17) is 5.73 Å². The average molecular weight is 275 g/mol. The Hall–Kier alpha value is -2.90. The number of nitrogens with two attached hydrogens (primary N) is 1. The maximum atomic E-state index is 12.2. The minimum Gasteiger partial charge on any atom is -0.399 e. The van der Waals surface area contributed by atoms with Crippen molar-refractivity contribution in [1.82, 2.24) is 10.2 Å². The number of nitro groups is 1. The van der Waals surface area contributed by atoms with Crippen LogP contribution in [-0.2, 0) is 0 Å². The summed E-state index contributed by atoms with van der Waals surface area (Å²) in [5, 5.41) is 20.2. The van der Waals surface area contributed by atoms with Crippen LogP contribution in [0.4, 0.5) is 17.1 Å². The maximum Gasteiger partial charge on any atom is 0.282 e. The minimum absolute atomic E-state index is 0.0880. The van der Waals surface area contributed by atoms with E-state index in [1.165, 1.54) is 18.2 Å². The first-order valence-corrected chi connectivity index (χ1v) is 5.77. The van der Waals surface area contributed by atoms with E-state index >= 15 is 0 Å². The number of aromatic amines is 1. The molecule has 0 saturated heterocycles. The van der Waals surface area contributed by atoms with Crippen molar-refractivity contribution in [3.8, 4) is 0 Å². The molecule has 8 nitrogen and oxygen atoms in total. The Kier molecular flexibility index (Phi) is 3.38. The molecule has 0 fully saturated rings. The van der Waals surface area contributed by atoms with Crippen molar-refractivity contribution in [3.63, 3.8) is 0 Å². The Morgan fingerprint density at radius 3 is 2.70 bits per heavy atom. The molecular weight excluding hydrogens is 262 g/mol. The zero-order valence-corrected chi connectivity index (χ0v) is 10.9. The number of hydrogen-bond acceptors (Lipinski definition) is 5. The molecule has 8 heteroatoms. The van der Waals surface area contributed by atoms with Crippen LogP contribution in [0.2, 0.25) is 0 Å². The number of rotatable bonds is 3. The molecule has 0 aliphatic heterocycles. The molecule has 1 aromatic heterocycles. The molecule has 1 aromatic carbocycles. The van der Waals surface area contributed by atoms with Gasteiger partial charge in [-0.05, 0) is 26.0 Å². The molecule has 104 valence electrons. The molecule has 0 bridgehead atoms. The fraction of sp³-hybridized carbons (Fsp3) is 0.167. The molecular formula is C12H13N5O3. The van der Waals surface area contributed by atoms with Gasteiger partial charge in [-0.1, -0.05) is 0 Å². The highest BCUT2D eigenvalue weighted by Gasteiger charge is 2.21. The maximum absolute atomic E-state index is 12.2. The first kappa shape index (κ1) is 13.5. The Labute approximate surface area is 114 Å². The Bertz CT molecular complexity index is 673. The van der Waals surface area contributed by atoms with Crippen LogP contribution in [0.25, 0.3) is 0 Å². The molecule has 0 atom stereocenters. The third-order valence-electron chi connectivity index (χ3n) is 2.83. The number of amides is 1. The SMILES string of the molecule is Cc1n[nH]c(C)c1NC(=O)c1cc(N)ccc1[N+](=O)[O-]. The second-order valence-corrected chi connectivity index (χ2v) is 4.30. The monoisotopic (exact) mass is 275 g/mol. The number of nitrogens with zero attached hydrogens (tertiary/aromatic N) is 2. The molecule has 0 aliphatic carbocycles. The largest absolute Gasteiger partial charge is 0.399 e. The number of nitrogen functional groups attached to an aromatic ring is 1. The summed E-state index contributed by atoms with van der Waals surface area (Å²) in [5.41, 5.74) is 7.25. The molecule has 1 heterocycles. The lowest BCUT2D eigenvalue weighted by Gasteiger charge is -2.06. The van der Waals surface area contributed by atoms with Crippen LogP contribution in [0.15, 0.2) is 18.2 Å². The molecule has 0 unspecified atom stereocenters. The lowest BCUT2D eigenvalue weighted by Crippen LogP contribution is -2.15. The summed E-state index contributed by atoms with van der Waals surface area (Å²) in [5.74, 6) is -0.600. The van der Waals surface area contributed by atoms with Gasteiger partial charge in [0.05, 0.1) is 22.0 Å². The van der Waals surface area contributed by atoms with Crippen LogP contribution < -0.4 is 11.1 Å². The molecule has 0 aliphatic rings. The number of aryl methyl sites for hydroxylation is 2. The van der Waals surface area contributed by atoms with Gasteiger partial charge in [-0.15, -0.1) is 0 Å². The third-order valence-corrected chi connectivity index (χ3v) is 2.83. The van der Waals surface area contributed by atoms with Crippen molar-refractivity contribution in [2.24, 2.45) is 0 Å². The topological polar surface area (TPSA) is 127 Å². The van der Waals surface area contributed by atoms with Gasteiger partial charge in [-0.25, -0.2) is 0 Å². The predicted molar refractivity (Wildman–Crippen MR) is 73.5 cm³/mol. The third kappa shape index (κ3) is 2.44. The lowest BCUT2D eigenvalue weighted by atomic mass is 10.1. The van der Waals surface area contributed by atoms with E-state index in [1.807, 2.05) is 0 Å². The van der Waals surface area contributed by atoms with Gasteiger partial charge in [0.1, 0.15) is 5.56 Å². The summed E-state index contributed by atoms with van der Waals surface area (Å²) >= 11 is 0. The molecule has 4 N–H and O–H groups in total. The van der Waals surface area contributed by atoms with Gasteiger partial charge < -0.3 is 11.1 Å². The molecule has 0 radical (unpaired) electrons. The van der Waals surface area contributed by atoms with Crippen molar-refractivity contribution in [2.45, 2.75) is 13.8 Å². The van der Waals surface area contributed by atoms with Crippen LogP contribution in [0.3, 0.4) is 0 Å². The smallest absolute Gasteiger partial charge is 0.282 e. The Balaban J connectivity index is 2.39. The zero-order valence-electron chi connectivity index (χ0n) is 10.9. The molecule has 0 saturated carbocycles. The standard InChI is InChI=1S/C12H13N5O3/c1-6-11(7(2)16-15-6)14-12(18)9-5-8(13)3-4-10(9)17(19)20/h3-5H,13H2,1-2H3,(H,14,18)(H,15,16). The summed E-state index contributed by atoms with van der Waals surface area (Å²) in [6, 6.07) is 3.86. The number of nitro benzene ring substituents is 1. The van der Waals surface area contributed by atoms with Crippen molar-refractivity contribution in [3.05, 3.63) is 45.3 Å². The van der Waals surface area contributed by atoms with Crippen LogP contribution in [0.5, 0.6) is 0 Å². The lowest BCUT2D eigenvalue weighted by molar-refractivity contribution is -0.385. The van der Waals surface area contributed by atoms with E-state index in [0.717, 1.165) is 0 Å². The molecule has 20 heavy (non-hydrogen) atoms. The second-order valence-electron chi connectivity index (χ2n) is 4.30. The number of H-pyrrole nitrogens is 1. The van der Waals surface area contributed by atoms with Crippen LogP contribution >= 0.6 is 0 Å². The van der Waals surface area contributed by atoms with E-state index in [2.05, 4.69) is 15.5 Å². The van der Waals surface area contributed by atoms with E-state index in [-0.39, 0.29) is 16.9 Å². The van der Waals surface area contributed by atoms with Crippen LogP contribution in [0.1, 0.15) is 21.7 Å². The molecule has 0 spiro atoms. The quantitative estimate of drug-likeness (QED) is 0.447. The summed E-state index contributed by atoms with van der Waals surface area (Å²) < 4.78 is 0. The highest BCUT2D eigenvalue weighted by Crippen LogP contribution is 2.24. The first-order valence-electron chi connectivity index (χ1n) is 5.77. The van der Waals surface area contributed by atoms with Crippen LogP contribution in [-0.4, -0.2) is 21.0 Å². The Morgan fingerprint density at radius 1 is 1.45 bits per heavy atom. The predicted octanol–water partition coefficient (Wildman–Crippen LogP) is 1.77. The van der Waals surface area contributed by atoms with E-state index < -0.39 is 10.8 Å². The fourth-order valence-corrected chi connectivity index (χ4v) is 1.81. The van der Waals surface area contributed by atoms with Gasteiger partial charge >= 0.3 is 0 Å². The first-order chi connectivity index (χ1) is 9.40. The number of anilines is 2. The fourth-order valence-electron chi connectivity index (χ4n) is 1.81. The number of nitrogens with one attached hydrogen (secondary N) is 2. The Morgan fingerprint density at radius 2 is 2.15 bits per heavy atom. The van der Waals surface area contributed by atoms with Crippen molar-refractivity contribution < 1.29 is 9.72 Å². The summed E-state index contributed by atoms with van der Waals surface area (Å²) in [6.45, 7) is 3.45. The molecule has 1 amide bonds. The number of benzene rings is 1. The summed E-state index contributed by atoms with van der Waals surface area (Å²) in [4.78, 5) is 22.5. The van der Waals surface area contributed by atoms with Gasteiger partial charge in [0.15, 0.2) is 0 Å². The highest BCUT2D eigenvalue weighted by atomic mass is 16.6. The van der Waals surface area contributed by atoms with Crippen molar-refractivity contribution >= 4 is 23.0 Å². The summed E-state index contributed by atoms with van der Waals surface area (Å²) in [6.07, 6.45) is 0. The van der Waals surface area contributed by atoms with Gasteiger partial charge in [0.2, 0.25) is 0 Å². The summed E-state index contributed by atoms with van der Waals surface area (Å²) in [7, 11) is 0. The van der Waals surface area contributed by atoms with Gasteiger partial charge in [0, 0.05) is 11.8 Å². The van der Waals surface area contributed by atoms with Gasteiger partial charge in [-0.3, -0.25) is 20.0 Å². The van der Waals surface area contributed by atoms with Crippen LogP contribution in [0, 0.1) is 24.0 Å². The number of carbonyl (C=O) groups excluding carboxylic acids is 1. The van der Waals surface area contributed by atoms with E-state index in [1.54, 1.807) is 13.8 Å². The van der Waals surface area contributed by atoms with Crippen molar-refractivity contribution in [1.29, 1.82) is 0 Å². The average Bonchev–Trinajstić information content (AvgIpc) is 2.70. The number of hydrogen-bond donors (Lipinski definition) is 3. The minimum atomic E-state index is -0.622. The zero-order chi connectivity index (χ0) is 14.9. The molecule has 2 rings (SSSR count). The van der Waals surface area contributed by atoms with E-state index in [0.29, 0.717) is 17.1 Å². The van der Waals surface area contributed by atoms with Crippen molar-refractivity contribution in [2.75, 3.05) is 11.1 Å².